The Labute approximate surface area is 234 Å². The fourth-order valence-electron chi connectivity index (χ4n) is 4.96. The van der Waals surface area contributed by atoms with Crippen LogP contribution in [-0.2, 0) is 6.42 Å². The van der Waals surface area contributed by atoms with Crippen molar-refractivity contribution in [1.82, 2.24) is 4.90 Å². The molecule has 39 heavy (non-hydrogen) atoms. The summed E-state index contributed by atoms with van der Waals surface area (Å²) >= 11 is 0. The van der Waals surface area contributed by atoms with E-state index in [1.54, 1.807) is 13.0 Å². The van der Waals surface area contributed by atoms with Crippen molar-refractivity contribution in [2.45, 2.75) is 86.0 Å². The van der Waals surface area contributed by atoms with Gasteiger partial charge in [-0.1, -0.05) is 53.5 Å². The van der Waals surface area contributed by atoms with Gasteiger partial charge in [0.25, 0.3) is 5.91 Å². The molecule has 1 unspecified atom stereocenters. The first-order valence-corrected chi connectivity index (χ1v) is 14.4. The Morgan fingerprint density at radius 2 is 1.85 bits per heavy atom. The summed E-state index contributed by atoms with van der Waals surface area (Å²) < 4.78 is 27.4. The van der Waals surface area contributed by atoms with E-state index < -0.39 is 17.5 Å². The molecule has 1 N–H and O–H groups in total. The lowest BCUT2D eigenvalue weighted by atomic mass is 10.0. The highest BCUT2D eigenvalue weighted by molar-refractivity contribution is 6.05. The van der Waals surface area contributed by atoms with E-state index in [1.807, 2.05) is 6.92 Å². The zero-order chi connectivity index (χ0) is 28.9. The molecule has 6 heteroatoms. The topological polar surface area (TPSA) is 56.1 Å². The highest BCUT2D eigenvalue weighted by atomic mass is 19.1. The minimum atomic E-state index is -0.790. The van der Waals surface area contributed by atoms with Gasteiger partial charge in [0.15, 0.2) is 0 Å². The monoisotopic (exact) mass is 537 g/mol. The standard InChI is InChI=1S/C17H14F2N2O.C16H31N/c1-3-12-7-13(18)8-16(10(12)2)21-17(22)14-5-4-11(9-20)6-15(14)19;1-5-12-17(13-11-14(3)6-2)15(4)16-9-7-8-10-16/h4-8H,3H2,1-2H3,(H,21,22);14,16H,4-13H2,1-3H3. The van der Waals surface area contributed by atoms with Gasteiger partial charge in [-0.15, -0.1) is 0 Å². The average Bonchev–Trinajstić information content (AvgIpc) is 3.47. The van der Waals surface area contributed by atoms with Gasteiger partial charge in [-0.2, -0.15) is 5.26 Å². The van der Waals surface area contributed by atoms with Crippen molar-refractivity contribution in [2.75, 3.05) is 18.4 Å². The average molecular weight is 538 g/mol. The van der Waals surface area contributed by atoms with Crippen molar-refractivity contribution in [3.8, 4) is 6.07 Å². The van der Waals surface area contributed by atoms with Gasteiger partial charge < -0.3 is 10.2 Å². The quantitative estimate of drug-likeness (QED) is 0.312. The van der Waals surface area contributed by atoms with Crippen LogP contribution in [0, 0.1) is 41.7 Å². The smallest absolute Gasteiger partial charge is 0.258 e. The number of rotatable bonds is 11. The normalized spacial score (nSPS) is 13.7. The van der Waals surface area contributed by atoms with Gasteiger partial charge >= 0.3 is 0 Å². The Bertz CT molecular complexity index is 1150. The Kier molecular flexibility index (Phi) is 13.2. The van der Waals surface area contributed by atoms with Crippen molar-refractivity contribution in [1.29, 1.82) is 5.26 Å². The minimum absolute atomic E-state index is 0.129. The van der Waals surface area contributed by atoms with Crippen LogP contribution in [0.1, 0.15) is 99.7 Å². The van der Waals surface area contributed by atoms with Gasteiger partial charge in [0.1, 0.15) is 11.6 Å². The Morgan fingerprint density at radius 1 is 1.15 bits per heavy atom. The molecule has 0 bridgehead atoms. The fraction of sp³-hybridized carbons (Fsp3) is 0.515. The van der Waals surface area contributed by atoms with E-state index in [2.05, 4.69) is 37.6 Å². The highest BCUT2D eigenvalue weighted by Gasteiger charge is 2.22. The van der Waals surface area contributed by atoms with E-state index in [9.17, 15) is 13.6 Å². The van der Waals surface area contributed by atoms with Crippen LogP contribution in [0.4, 0.5) is 14.5 Å². The van der Waals surface area contributed by atoms with Crippen LogP contribution in [0.5, 0.6) is 0 Å². The first kappa shape index (κ1) is 32.0. The van der Waals surface area contributed by atoms with Crippen LogP contribution < -0.4 is 5.32 Å². The summed E-state index contributed by atoms with van der Waals surface area (Å²) in [6.45, 7) is 17.4. The lowest BCUT2D eigenvalue weighted by molar-refractivity contribution is 0.102. The van der Waals surface area contributed by atoms with E-state index in [0.717, 1.165) is 29.0 Å². The van der Waals surface area contributed by atoms with E-state index in [0.29, 0.717) is 12.1 Å². The zero-order valence-electron chi connectivity index (χ0n) is 24.4. The zero-order valence-corrected chi connectivity index (χ0v) is 24.4. The number of nitrogens with one attached hydrogen (secondary N) is 1. The largest absolute Gasteiger partial charge is 0.375 e. The van der Waals surface area contributed by atoms with Crippen LogP contribution in [0.3, 0.4) is 0 Å². The predicted molar refractivity (Wildman–Crippen MR) is 157 cm³/mol. The maximum Gasteiger partial charge on any atom is 0.258 e. The Hall–Kier alpha value is -3.20. The maximum absolute atomic E-state index is 13.8. The number of allylic oxidation sites excluding steroid dienone is 1. The molecule has 0 spiro atoms. The van der Waals surface area contributed by atoms with Crippen molar-refractivity contribution in [3.63, 3.8) is 0 Å². The van der Waals surface area contributed by atoms with Crippen molar-refractivity contribution in [2.24, 2.45) is 11.8 Å². The van der Waals surface area contributed by atoms with Crippen molar-refractivity contribution < 1.29 is 13.6 Å². The number of anilines is 1. The Morgan fingerprint density at radius 3 is 2.41 bits per heavy atom. The molecule has 4 nitrogen and oxygen atoms in total. The third-order valence-electron chi connectivity index (χ3n) is 7.77. The number of carbonyl (C=O) groups excluding carboxylic acids is 1. The third-order valence-corrected chi connectivity index (χ3v) is 7.77. The number of hydrogen-bond acceptors (Lipinski definition) is 3. The SMILES string of the molecule is C=C(C1CCCC1)N(CCC)CCC(C)CC.CCc1cc(F)cc(NC(=O)c2ccc(C#N)cc2F)c1C. The molecule has 1 saturated carbocycles. The van der Waals surface area contributed by atoms with Crippen LogP contribution in [0.2, 0.25) is 0 Å². The summed E-state index contributed by atoms with van der Waals surface area (Å²) in [6.07, 6.45) is 10.1. The molecular formula is C33H45F2N3O. The molecule has 1 aliphatic rings. The summed E-state index contributed by atoms with van der Waals surface area (Å²) in [6, 6.07) is 7.99. The van der Waals surface area contributed by atoms with Crippen LogP contribution in [0.25, 0.3) is 0 Å². The number of nitriles is 1. The second-order valence-corrected chi connectivity index (χ2v) is 10.6. The van der Waals surface area contributed by atoms with Gasteiger partial charge in [-0.3, -0.25) is 4.79 Å². The second kappa shape index (κ2) is 16.0. The minimum Gasteiger partial charge on any atom is -0.375 e. The fourth-order valence-corrected chi connectivity index (χ4v) is 4.96. The third kappa shape index (κ3) is 9.49. The van der Waals surface area contributed by atoms with Crippen LogP contribution in [0.15, 0.2) is 42.6 Å². The molecule has 0 aliphatic heterocycles. The van der Waals surface area contributed by atoms with Gasteiger partial charge in [-0.05, 0) is 92.3 Å². The first-order chi connectivity index (χ1) is 18.6. The molecule has 2 aromatic rings. The molecule has 1 atom stereocenters. The number of aryl methyl sites for hydroxylation is 1. The van der Waals surface area contributed by atoms with Gasteiger partial charge in [0.05, 0.1) is 17.2 Å². The van der Waals surface area contributed by atoms with E-state index in [-0.39, 0.29) is 11.1 Å². The van der Waals surface area contributed by atoms with E-state index >= 15 is 0 Å². The first-order valence-electron chi connectivity index (χ1n) is 14.4. The van der Waals surface area contributed by atoms with E-state index in [1.165, 1.54) is 88.0 Å². The molecule has 0 heterocycles. The molecule has 0 radical (unpaired) electrons. The molecule has 0 aromatic heterocycles. The number of benzene rings is 2. The molecule has 1 aliphatic carbocycles. The molecule has 1 amide bonds. The van der Waals surface area contributed by atoms with Gasteiger partial charge in [0, 0.05) is 24.5 Å². The van der Waals surface area contributed by atoms with Crippen LogP contribution in [-0.4, -0.2) is 23.9 Å². The van der Waals surface area contributed by atoms with Gasteiger partial charge in [0.2, 0.25) is 0 Å². The highest BCUT2D eigenvalue weighted by Crippen LogP contribution is 2.32. The molecule has 3 rings (SSSR count). The maximum atomic E-state index is 13.8. The molecule has 212 valence electrons. The summed E-state index contributed by atoms with van der Waals surface area (Å²) in [5, 5.41) is 11.2. The number of carbonyl (C=O) groups is 1. The summed E-state index contributed by atoms with van der Waals surface area (Å²) in [5.74, 6) is -0.290. The lowest BCUT2D eigenvalue weighted by Gasteiger charge is -2.31. The number of hydrogen-bond donors (Lipinski definition) is 1. The van der Waals surface area contributed by atoms with Crippen LogP contribution >= 0.6 is 0 Å². The number of halogens is 2. The number of amides is 1. The number of nitrogens with zero attached hydrogens (tertiary/aromatic N) is 2. The molecule has 2 aromatic carbocycles. The summed E-state index contributed by atoms with van der Waals surface area (Å²) in [5.41, 5.74) is 3.20. The lowest BCUT2D eigenvalue weighted by Crippen LogP contribution is -2.28. The second-order valence-electron chi connectivity index (χ2n) is 10.6. The molecule has 1 fully saturated rings. The summed E-state index contributed by atoms with van der Waals surface area (Å²) in [4.78, 5) is 14.7. The van der Waals surface area contributed by atoms with Crippen molar-refractivity contribution >= 4 is 11.6 Å². The predicted octanol–water partition coefficient (Wildman–Crippen LogP) is 8.80. The van der Waals surface area contributed by atoms with E-state index in [4.69, 9.17) is 5.26 Å². The molecular weight excluding hydrogens is 492 g/mol. The molecule has 0 saturated heterocycles. The van der Waals surface area contributed by atoms with Gasteiger partial charge in [-0.25, -0.2) is 8.78 Å². The Balaban J connectivity index is 0.000000283. The van der Waals surface area contributed by atoms with Crippen molar-refractivity contribution in [3.05, 3.63) is 76.5 Å². The summed E-state index contributed by atoms with van der Waals surface area (Å²) in [7, 11) is 0.